The molecule has 7 nitrogen and oxygen atoms in total. The average molecular weight is 445 g/mol. The van der Waals surface area contributed by atoms with Crippen molar-refractivity contribution in [3.63, 3.8) is 0 Å². The van der Waals surface area contributed by atoms with Gasteiger partial charge in [-0.15, -0.1) is 11.3 Å². The Kier molecular flexibility index (Phi) is 7.35. The molecule has 8 heteroatoms. The number of aliphatic hydroxyl groups excluding tert-OH is 1. The summed E-state index contributed by atoms with van der Waals surface area (Å²) in [5.74, 6) is -0.266. The first kappa shape index (κ1) is 22.8. The van der Waals surface area contributed by atoms with Gasteiger partial charge in [-0.2, -0.15) is 0 Å². The number of nitrogens with zero attached hydrogens (tertiary/aromatic N) is 2. The number of hydrogen-bond acceptors (Lipinski definition) is 7. The van der Waals surface area contributed by atoms with Gasteiger partial charge in [0.05, 0.1) is 30.2 Å². The normalized spacial score (nSPS) is 16.4. The van der Waals surface area contributed by atoms with Crippen molar-refractivity contribution in [3.05, 3.63) is 57.5 Å². The van der Waals surface area contributed by atoms with Crippen LogP contribution in [0.5, 0.6) is 11.5 Å². The molecule has 1 aromatic carbocycles. The van der Waals surface area contributed by atoms with E-state index in [-0.39, 0.29) is 11.4 Å². The maximum atomic E-state index is 13.2. The van der Waals surface area contributed by atoms with Crippen LogP contribution in [0.4, 0.5) is 0 Å². The molecular weight excluding hydrogens is 416 g/mol. The molecule has 0 unspecified atom stereocenters. The smallest absolute Gasteiger partial charge is 0.290 e. The molecule has 2 heterocycles. The van der Waals surface area contributed by atoms with Crippen LogP contribution in [-0.2, 0) is 4.79 Å². The number of benzene rings is 1. The topological polar surface area (TPSA) is 79.3 Å². The van der Waals surface area contributed by atoms with E-state index < -0.39 is 17.7 Å². The van der Waals surface area contributed by atoms with E-state index in [9.17, 15) is 14.7 Å². The van der Waals surface area contributed by atoms with E-state index in [4.69, 9.17) is 9.47 Å². The van der Waals surface area contributed by atoms with E-state index >= 15 is 0 Å². The quantitative estimate of drug-likeness (QED) is 0.563. The second kappa shape index (κ2) is 9.98. The fourth-order valence-electron chi connectivity index (χ4n) is 3.69. The van der Waals surface area contributed by atoms with Crippen molar-refractivity contribution in [1.82, 2.24) is 9.80 Å². The van der Waals surface area contributed by atoms with Crippen LogP contribution in [0.15, 0.2) is 47.0 Å². The van der Waals surface area contributed by atoms with E-state index in [1.165, 1.54) is 11.3 Å². The highest BCUT2D eigenvalue weighted by Gasteiger charge is 2.44. The van der Waals surface area contributed by atoms with Crippen molar-refractivity contribution in [2.24, 2.45) is 0 Å². The molecule has 0 saturated carbocycles. The van der Waals surface area contributed by atoms with E-state index in [1.807, 2.05) is 32.0 Å². The van der Waals surface area contributed by atoms with Gasteiger partial charge in [-0.1, -0.05) is 12.1 Å². The summed E-state index contributed by atoms with van der Waals surface area (Å²) in [4.78, 5) is 30.3. The van der Waals surface area contributed by atoms with Crippen molar-refractivity contribution in [1.29, 1.82) is 0 Å². The first-order valence-corrected chi connectivity index (χ1v) is 11.0. The lowest BCUT2D eigenvalue weighted by Gasteiger charge is -2.27. The monoisotopic (exact) mass is 444 g/mol. The third-order valence-corrected chi connectivity index (χ3v) is 5.97. The van der Waals surface area contributed by atoms with Crippen LogP contribution in [0.2, 0.25) is 0 Å². The van der Waals surface area contributed by atoms with Gasteiger partial charge < -0.3 is 24.4 Å². The Labute approximate surface area is 186 Å². The maximum absolute atomic E-state index is 13.2. The zero-order chi connectivity index (χ0) is 22.5. The summed E-state index contributed by atoms with van der Waals surface area (Å²) in [6.45, 7) is 3.55. The molecule has 2 aromatic rings. The summed E-state index contributed by atoms with van der Waals surface area (Å²) in [5.41, 5.74) is 0.783. The van der Waals surface area contributed by atoms with Gasteiger partial charge in [0, 0.05) is 6.54 Å². The molecule has 3 rings (SSSR count). The summed E-state index contributed by atoms with van der Waals surface area (Å²) in [6, 6.07) is 8.11. The van der Waals surface area contributed by atoms with Crippen molar-refractivity contribution in [3.8, 4) is 11.5 Å². The lowest BCUT2D eigenvalue weighted by atomic mass is 9.95. The first-order chi connectivity index (χ1) is 14.9. The maximum Gasteiger partial charge on any atom is 0.290 e. The Morgan fingerprint density at radius 2 is 2.03 bits per heavy atom. The molecular formula is C23H28N2O5S. The zero-order valence-corrected chi connectivity index (χ0v) is 19.1. The predicted molar refractivity (Wildman–Crippen MR) is 120 cm³/mol. The number of carbonyl (C=O) groups is 2. The summed E-state index contributed by atoms with van der Waals surface area (Å²) in [6.07, 6.45) is 0.706. The number of amides is 1. The molecule has 166 valence electrons. The second-order valence-corrected chi connectivity index (χ2v) is 8.42. The summed E-state index contributed by atoms with van der Waals surface area (Å²) in [5, 5.41) is 12.5. The van der Waals surface area contributed by atoms with Crippen molar-refractivity contribution in [2.45, 2.75) is 19.4 Å². The largest absolute Gasteiger partial charge is 0.503 e. The number of thiophene rings is 1. The molecule has 1 aromatic heterocycles. The molecule has 1 aliphatic heterocycles. The molecule has 1 N–H and O–H groups in total. The van der Waals surface area contributed by atoms with Crippen molar-refractivity contribution in [2.75, 3.05) is 40.9 Å². The van der Waals surface area contributed by atoms with E-state index in [0.29, 0.717) is 41.5 Å². The minimum atomic E-state index is -0.700. The van der Waals surface area contributed by atoms with Crippen LogP contribution in [0.25, 0.3) is 0 Å². The minimum Gasteiger partial charge on any atom is -0.503 e. The molecule has 1 aliphatic rings. The van der Waals surface area contributed by atoms with E-state index in [2.05, 4.69) is 0 Å². The van der Waals surface area contributed by atoms with Crippen molar-refractivity contribution >= 4 is 23.0 Å². The number of methoxy groups -OCH3 is 1. The number of Topliss-reactive ketones (excluding diaryl/α,β-unsaturated/α-hetero) is 1. The molecule has 0 saturated heterocycles. The Morgan fingerprint density at radius 3 is 2.65 bits per heavy atom. The fraction of sp³-hybridized carbons (Fsp3) is 0.391. The van der Waals surface area contributed by atoms with Gasteiger partial charge in [-0.3, -0.25) is 9.59 Å². The summed E-state index contributed by atoms with van der Waals surface area (Å²) in [7, 11) is 5.46. The Balaban J connectivity index is 2.04. The second-order valence-electron chi connectivity index (χ2n) is 7.47. The van der Waals surface area contributed by atoms with Crippen molar-refractivity contribution < 1.29 is 24.2 Å². The minimum absolute atomic E-state index is 0.100. The zero-order valence-electron chi connectivity index (χ0n) is 18.3. The van der Waals surface area contributed by atoms with Gasteiger partial charge in [-0.05, 0) is 63.1 Å². The van der Waals surface area contributed by atoms with Gasteiger partial charge in [-0.25, -0.2) is 0 Å². The number of rotatable bonds is 10. The lowest BCUT2D eigenvalue weighted by molar-refractivity contribution is -0.129. The Morgan fingerprint density at radius 1 is 1.26 bits per heavy atom. The third kappa shape index (κ3) is 4.75. The van der Waals surface area contributed by atoms with Gasteiger partial charge in [0.2, 0.25) is 5.78 Å². The fourth-order valence-corrected chi connectivity index (χ4v) is 4.37. The number of ether oxygens (including phenoxy) is 2. The molecule has 31 heavy (non-hydrogen) atoms. The molecule has 0 radical (unpaired) electrons. The van der Waals surface area contributed by atoms with Crippen LogP contribution < -0.4 is 9.47 Å². The molecule has 0 fully saturated rings. The molecule has 0 aliphatic carbocycles. The van der Waals surface area contributed by atoms with Gasteiger partial charge in [0.1, 0.15) is 0 Å². The highest BCUT2D eigenvalue weighted by molar-refractivity contribution is 7.12. The Hall–Kier alpha value is -2.84. The van der Waals surface area contributed by atoms with Crippen LogP contribution in [0, 0.1) is 0 Å². The number of carbonyl (C=O) groups excluding carboxylic acids is 2. The van der Waals surface area contributed by atoms with Crippen LogP contribution >= 0.6 is 11.3 Å². The van der Waals surface area contributed by atoms with E-state index in [1.54, 1.807) is 41.7 Å². The number of aliphatic hydroxyl groups is 1. The lowest BCUT2D eigenvalue weighted by Crippen LogP contribution is -2.33. The third-order valence-electron chi connectivity index (χ3n) is 5.10. The SMILES string of the molecule is CCOc1ccc([C@@H]2C(C(=O)c3cccs3)=C(O)C(=O)N2CCCN(C)C)cc1OC. The number of ketones is 1. The standard InChI is InChI=1S/C23H28N2O5S/c1-5-30-16-10-9-15(14-17(16)29-4)20-19(21(26)18-8-6-13-31-18)22(27)23(28)25(20)12-7-11-24(2)3/h6,8-10,13-14,20,27H,5,7,11-12H2,1-4H3/t20-/m1/s1. The number of hydrogen-bond donors (Lipinski definition) is 1. The highest BCUT2D eigenvalue weighted by Crippen LogP contribution is 2.42. The Bertz CT molecular complexity index is 968. The van der Waals surface area contributed by atoms with Crippen LogP contribution in [-0.4, -0.2) is 67.5 Å². The predicted octanol–water partition coefficient (Wildman–Crippen LogP) is 3.69. The molecule has 0 spiro atoms. The average Bonchev–Trinajstić information content (AvgIpc) is 3.37. The molecule has 1 amide bonds. The summed E-state index contributed by atoms with van der Waals surface area (Å²) < 4.78 is 11.1. The van der Waals surface area contributed by atoms with E-state index in [0.717, 1.165) is 6.54 Å². The van der Waals surface area contributed by atoms with Gasteiger partial charge in [0.25, 0.3) is 5.91 Å². The van der Waals surface area contributed by atoms with Gasteiger partial charge in [0.15, 0.2) is 17.3 Å². The molecule has 1 atom stereocenters. The van der Waals surface area contributed by atoms with Gasteiger partial charge >= 0.3 is 0 Å². The van der Waals surface area contributed by atoms with Crippen LogP contribution in [0.1, 0.15) is 34.6 Å². The summed E-state index contributed by atoms with van der Waals surface area (Å²) >= 11 is 1.28. The highest BCUT2D eigenvalue weighted by atomic mass is 32.1. The molecule has 0 bridgehead atoms. The van der Waals surface area contributed by atoms with Crippen LogP contribution in [0.3, 0.4) is 0 Å². The first-order valence-electron chi connectivity index (χ1n) is 10.2.